The number of aliphatic carboxylic acids is 2. The third-order valence-electron chi connectivity index (χ3n) is 15.6. The molecule has 0 amide bonds. The SMILES string of the molecule is CCCCCCCC(=O)Oc1ccc(COc2c(/C=C/C(=O)O)ccc(C(OC)=C3C4CC5CC(C4)CC3C5)c2Cl)cc1.COC(=C1C2CC3CC(C2)CC1C3)c1ccc(/C=C/C(=O)O)c(O)c1Cl. The summed E-state index contributed by atoms with van der Waals surface area (Å²) >= 11 is 13.5. The quantitative estimate of drug-likeness (QED) is 0.0370. The number of aromatic hydroxyl groups is 1. The molecule has 10 nitrogen and oxygen atoms in total. The van der Waals surface area contributed by atoms with E-state index in [1.165, 1.54) is 100 Å². The molecule has 0 aliphatic heterocycles. The van der Waals surface area contributed by atoms with Crippen LogP contribution in [0, 0.1) is 47.3 Å². The minimum Gasteiger partial charge on any atom is -0.506 e. The number of hydrogen-bond donors (Lipinski definition) is 3. The van der Waals surface area contributed by atoms with Crippen LogP contribution in [0.25, 0.3) is 23.7 Å². The van der Waals surface area contributed by atoms with Crippen LogP contribution in [0.15, 0.2) is 71.8 Å². The molecule has 0 aromatic heterocycles. The number of phenolic OH excluding ortho intramolecular Hbond substituents is 1. The largest absolute Gasteiger partial charge is 0.506 e. The van der Waals surface area contributed by atoms with Gasteiger partial charge in [-0.3, -0.25) is 4.79 Å². The highest BCUT2D eigenvalue weighted by molar-refractivity contribution is 6.34. The van der Waals surface area contributed by atoms with Crippen LogP contribution in [0.2, 0.25) is 10.0 Å². The first-order valence-corrected chi connectivity index (χ1v) is 25.7. The van der Waals surface area contributed by atoms with Crippen LogP contribution in [0.5, 0.6) is 17.2 Å². The van der Waals surface area contributed by atoms with Gasteiger partial charge in [-0.25, -0.2) is 9.59 Å². The summed E-state index contributed by atoms with van der Waals surface area (Å²) in [5.41, 5.74) is 6.06. The van der Waals surface area contributed by atoms with E-state index in [2.05, 4.69) is 6.92 Å². The summed E-state index contributed by atoms with van der Waals surface area (Å²) in [4.78, 5) is 34.2. The fourth-order valence-electron chi connectivity index (χ4n) is 13.0. The molecule has 8 fully saturated rings. The van der Waals surface area contributed by atoms with Crippen LogP contribution in [-0.2, 0) is 30.5 Å². The Labute approximate surface area is 416 Å². The number of carboxylic acids is 2. The standard InChI is InChI=1S/C36H43ClO6.C21H23ClO4/c1-3-4-5-6-7-8-32(40)43-29-13-9-23(10-14-29)22-42-35-26(12-16-31(38)39)11-15-30(34(35)37)36(41-2)33-27-18-24-17-25(20-27)21-28(33)19-24;1-26-21(18-14-7-11-6-12(9-14)10-15(18)8-11)16-4-2-13(3-5-17(23)24)20(25)19(16)22/h9-16,24-25,27-28H,3-8,17-22H2,1-2H3,(H,38,39);2-5,11-12,14-15,25H,6-10H2,1H3,(H,23,24)/b16-12+,36-33?;5-3+,21-18?. The molecule has 8 bridgehead atoms. The first-order chi connectivity index (χ1) is 33.3. The van der Waals surface area contributed by atoms with Crippen LogP contribution in [-0.4, -0.2) is 47.4 Å². The summed E-state index contributed by atoms with van der Waals surface area (Å²) in [7, 11) is 3.38. The Morgan fingerprint density at radius 3 is 1.55 bits per heavy atom. The highest BCUT2D eigenvalue weighted by Gasteiger charge is 2.48. The molecule has 3 N–H and O–H groups in total. The molecule has 8 aliphatic carbocycles. The molecule has 3 aromatic carbocycles. The number of carbonyl (C=O) groups excluding carboxylic acids is 1. The Balaban J connectivity index is 0.000000210. The Kier molecular flexibility index (Phi) is 16.5. The zero-order chi connectivity index (χ0) is 48.8. The number of benzene rings is 3. The number of halogens is 2. The van der Waals surface area contributed by atoms with Crippen LogP contribution in [0.4, 0.5) is 0 Å². The Bertz CT molecular complexity index is 2440. The fraction of sp³-hybridized carbons (Fsp3) is 0.491. The second-order valence-corrected chi connectivity index (χ2v) is 21.0. The normalized spacial score (nSPS) is 24.9. The van der Waals surface area contributed by atoms with Gasteiger partial charge < -0.3 is 34.3 Å². The molecule has 8 saturated carbocycles. The zero-order valence-corrected chi connectivity index (χ0v) is 41.5. The maximum atomic E-state index is 12.2. The minimum atomic E-state index is -1.07. The first-order valence-electron chi connectivity index (χ1n) is 25.0. The van der Waals surface area contributed by atoms with E-state index in [0.29, 0.717) is 63.3 Å². The van der Waals surface area contributed by atoms with Gasteiger partial charge in [-0.1, -0.05) is 80.1 Å². The number of rotatable bonds is 18. The third-order valence-corrected chi connectivity index (χ3v) is 16.3. The maximum absolute atomic E-state index is 12.2. The smallest absolute Gasteiger partial charge is 0.328 e. The molecule has 0 radical (unpaired) electrons. The number of unbranched alkanes of at least 4 members (excludes halogenated alkanes) is 4. The van der Waals surface area contributed by atoms with Crippen LogP contribution in [0.3, 0.4) is 0 Å². The van der Waals surface area contributed by atoms with E-state index in [1.807, 2.05) is 30.3 Å². The average Bonchev–Trinajstić information content (AvgIpc) is 3.31. The molecule has 0 heterocycles. The summed E-state index contributed by atoms with van der Waals surface area (Å²) in [6.45, 7) is 2.37. The van der Waals surface area contributed by atoms with E-state index < -0.39 is 11.9 Å². The molecule has 12 heteroatoms. The lowest BCUT2D eigenvalue weighted by molar-refractivity contribution is -0.134. The van der Waals surface area contributed by atoms with Crippen molar-refractivity contribution in [2.24, 2.45) is 47.3 Å². The fourth-order valence-corrected chi connectivity index (χ4v) is 13.6. The number of phenols is 1. The molecule has 0 unspecified atom stereocenters. The minimum absolute atomic E-state index is 0.111. The molecular weight excluding hydrogens is 916 g/mol. The molecule has 368 valence electrons. The van der Waals surface area contributed by atoms with Crippen molar-refractivity contribution in [1.82, 2.24) is 0 Å². The number of hydrogen-bond acceptors (Lipinski definition) is 8. The second-order valence-electron chi connectivity index (χ2n) is 20.2. The van der Waals surface area contributed by atoms with Crippen LogP contribution >= 0.6 is 23.2 Å². The van der Waals surface area contributed by atoms with Crippen molar-refractivity contribution in [1.29, 1.82) is 0 Å². The summed E-state index contributed by atoms with van der Waals surface area (Å²) in [5, 5.41) is 29.1. The Morgan fingerprint density at radius 2 is 1.07 bits per heavy atom. The first kappa shape index (κ1) is 50.2. The van der Waals surface area contributed by atoms with Gasteiger partial charge in [-0.05, 0) is 171 Å². The van der Waals surface area contributed by atoms with Gasteiger partial charge in [-0.15, -0.1) is 0 Å². The van der Waals surface area contributed by atoms with Crippen molar-refractivity contribution in [3.63, 3.8) is 0 Å². The van der Waals surface area contributed by atoms with Gasteiger partial charge >= 0.3 is 17.9 Å². The highest BCUT2D eigenvalue weighted by atomic mass is 35.5. The van der Waals surface area contributed by atoms with Crippen molar-refractivity contribution in [2.75, 3.05) is 14.2 Å². The van der Waals surface area contributed by atoms with Gasteiger partial charge in [0.2, 0.25) is 0 Å². The second kappa shape index (κ2) is 22.7. The van der Waals surface area contributed by atoms with Gasteiger partial charge in [0.05, 0.1) is 24.3 Å². The van der Waals surface area contributed by atoms with Crippen molar-refractivity contribution >= 4 is 64.8 Å². The van der Waals surface area contributed by atoms with E-state index in [-0.39, 0.29) is 23.3 Å². The molecule has 69 heavy (non-hydrogen) atoms. The molecule has 8 aliphatic rings. The molecule has 0 atom stereocenters. The van der Waals surface area contributed by atoms with E-state index in [1.54, 1.807) is 32.4 Å². The lowest BCUT2D eigenvalue weighted by atomic mass is 9.54. The zero-order valence-electron chi connectivity index (χ0n) is 40.0. The topological polar surface area (TPSA) is 149 Å². The van der Waals surface area contributed by atoms with Gasteiger partial charge in [0.1, 0.15) is 35.4 Å². The van der Waals surface area contributed by atoms with Crippen LogP contribution < -0.4 is 9.47 Å². The monoisotopic (exact) mass is 980 g/mol. The maximum Gasteiger partial charge on any atom is 0.328 e. The van der Waals surface area contributed by atoms with Crippen LogP contribution in [0.1, 0.15) is 137 Å². The van der Waals surface area contributed by atoms with E-state index in [0.717, 1.165) is 77.7 Å². The predicted octanol–water partition coefficient (Wildman–Crippen LogP) is 14.1. The molecule has 3 aromatic rings. The summed E-state index contributed by atoms with van der Waals surface area (Å²) < 4.78 is 23.7. The Hall–Kier alpha value is -5.19. The van der Waals surface area contributed by atoms with E-state index >= 15 is 0 Å². The lowest BCUT2D eigenvalue weighted by Crippen LogP contribution is -2.40. The third kappa shape index (κ3) is 11.7. The van der Waals surface area contributed by atoms with E-state index in [4.69, 9.17) is 47.3 Å². The van der Waals surface area contributed by atoms with Crippen molar-refractivity contribution < 1.29 is 48.7 Å². The molecule has 11 rings (SSSR count). The molecule has 0 spiro atoms. The molecule has 0 saturated heterocycles. The Morgan fingerprint density at radius 1 is 0.609 bits per heavy atom. The lowest BCUT2D eigenvalue weighted by Gasteiger charge is -2.51. The van der Waals surface area contributed by atoms with Crippen molar-refractivity contribution in [3.8, 4) is 17.2 Å². The number of allylic oxidation sites excluding steroid dienone is 2. The van der Waals surface area contributed by atoms with Gasteiger partial charge in [-0.2, -0.15) is 0 Å². The number of ether oxygens (including phenoxy) is 4. The number of esters is 1. The van der Waals surface area contributed by atoms with Gasteiger partial charge in [0.25, 0.3) is 0 Å². The number of carbonyl (C=O) groups is 3. The predicted molar refractivity (Wildman–Crippen MR) is 270 cm³/mol. The number of methoxy groups -OCH3 is 2. The van der Waals surface area contributed by atoms with Gasteiger partial charge in [0.15, 0.2) is 0 Å². The molecular formula is C57H66Cl2O10. The summed E-state index contributed by atoms with van der Waals surface area (Å²) in [6.07, 6.45) is 23.3. The van der Waals surface area contributed by atoms with Gasteiger partial charge in [0, 0.05) is 40.8 Å². The number of carboxylic acid groups (broad SMARTS) is 2. The highest BCUT2D eigenvalue weighted by Crippen LogP contribution is 2.60. The van der Waals surface area contributed by atoms with E-state index in [9.17, 15) is 24.6 Å². The van der Waals surface area contributed by atoms with Crippen molar-refractivity contribution in [3.05, 3.63) is 110 Å². The summed E-state index contributed by atoms with van der Waals surface area (Å²) in [5.74, 6) is 5.65. The summed E-state index contributed by atoms with van der Waals surface area (Å²) in [6, 6.07) is 14.5. The van der Waals surface area contributed by atoms with Crippen molar-refractivity contribution in [2.45, 2.75) is 116 Å². The average molecular weight is 982 g/mol.